The molecule has 7 N–H and O–H groups in total. The largest absolute Gasteiger partial charge is 0.507 e. The molecule has 24 heteroatoms. The number of phenolic OH excluding ortho intramolecular Hbond substituents is 1. The SMILES string of the molecule is C=CS(=O)(=O)c1ccc(Nc2nc(Cl)nc(Nc3cc(N(CC)CC)ccc3N=Nc3ccc(N=Nc4c(N)ccc5cc(S(=O)(=O)O)cc(O)c45)c(S(=O)(=O)O)c3)n2)cc1. The van der Waals surface area contributed by atoms with E-state index in [0.29, 0.717) is 24.5 Å². The van der Waals surface area contributed by atoms with Crippen molar-refractivity contribution in [1.29, 1.82) is 0 Å². The van der Waals surface area contributed by atoms with Crippen molar-refractivity contribution in [1.82, 2.24) is 15.0 Å². The maximum Gasteiger partial charge on any atom is 0.296 e. The third-order valence-electron chi connectivity index (χ3n) is 8.75. The number of sulfone groups is 1. The van der Waals surface area contributed by atoms with Crippen LogP contribution in [-0.4, -0.2) is 67.5 Å². The molecule has 5 aromatic carbocycles. The Bertz CT molecular complexity index is 3100. The van der Waals surface area contributed by atoms with Gasteiger partial charge in [0.05, 0.1) is 32.2 Å². The van der Waals surface area contributed by atoms with Crippen molar-refractivity contribution < 1.29 is 39.5 Å². The zero-order valence-corrected chi connectivity index (χ0v) is 35.0. The lowest BCUT2D eigenvalue weighted by Crippen LogP contribution is -2.21. The van der Waals surface area contributed by atoms with E-state index in [4.69, 9.17) is 17.3 Å². The molecule has 0 spiro atoms. The Morgan fingerprint density at radius 3 is 2.05 bits per heavy atom. The standard InChI is InChI=1S/C37H34ClN11O9S3/c1-4-49(5-2)24-11-16-28(30(19-24)41-37-43-35(38)42-36(44-37)40-22-8-12-25(13-9-22)59(51,52)6-3)46-45-23-10-15-29(32(18-23)61(56,57)58)47-48-34-27(39)14-7-21-17-26(60(53,54)55)20-31(50)33(21)34/h6-20,50H,3-5,39H2,1-2H3,(H,53,54,55)(H,56,57,58)(H2,40,41,42,43,44). The van der Waals surface area contributed by atoms with E-state index in [9.17, 15) is 39.5 Å². The Kier molecular flexibility index (Phi) is 12.6. The van der Waals surface area contributed by atoms with Crippen LogP contribution in [0.4, 0.5) is 57.4 Å². The van der Waals surface area contributed by atoms with Gasteiger partial charge in [0.15, 0.2) is 9.84 Å². The molecule has 0 aliphatic carbocycles. The molecule has 0 amide bonds. The number of hydrogen-bond acceptors (Lipinski definition) is 18. The van der Waals surface area contributed by atoms with Crippen LogP contribution in [0, 0.1) is 0 Å². The van der Waals surface area contributed by atoms with E-state index in [2.05, 4.69) is 57.5 Å². The molecule has 61 heavy (non-hydrogen) atoms. The molecular formula is C37H34ClN11O9S3. The monoisotopic (exact) mass is 907 g/mol. The molecule has 316 valence electrons. The molecule has 1 aromatic heterocycles. The molecule has 6 rings (SSSR count). The molecule has 6 aromatic rings. The summed E-state index contributed by atoms with van der Waals surface area (Å²) in [5.41, 5.74) is 7.33. The van der Waals surface area contributed by atoms with Crippen molar-refractivity contribution in [3.8, 4) is 5.75 Å². The number of aromatic hydroxyl groups is 1. The number of nitrogen functional groups attached to an aromatic ring is 1. The summed E-state index contributed by atoms with van der Waals surface area (Å²) in [5.74, 6) is -0.603. The summed E-state index contributed by atoms with van der Waals surface area (Å²) in [6.45, 7) is 8.62. The molecule has 20 nitrogen and oxygen atoms in total. The minimum Gasteiger partial charge on any atom is -0.507 e. The number of anilines is 6. The van der Waals surface area contributed by atoms with Crippen molar-refractivity contribution in [3.63, 3.8) is 0 Å². The van der Waals surface area contributed by atoms with Gasteiger partial charge in [-0.15, -0.1) is 15.3 Å². The van der Waals surface area contributed by atoms with Crippen molar-refractivity contribution in [3.05, 3.63) is 102 Å². The number of nitrogens with one attached hydrogen (secondary N) is 2. The van der Waals surface area contributed by atoms with Gasteiger partial charge < -0.3 is 26.4 Å². The average molecular weight is 908 g/mol. The molecule has 0 aliphatic heterocycles. The number of azo groups is 2. The lowest BCUT2D eigenvalue weighted by Gasteiger charge is -2.22. The second-order valence-corrected chi connectivity index (χ2v) is 17.7. The summed E-state index contributed by atoms with van der Waals surface area (Å²) < 4.78 is 92.4. The van der Waals surface area contributed by atoms with Crippen molar-refractivity contribution in [2.24, 2.45) is 20.5 Å². The average Bonchev–Trinajstić information content (AvgIpc) is 3.20. The number of nitrogens with two attached hydrogens (primary N) is 1. The summed E-state index contributed by atoms with van der Waals surface area (Å²) in [5, 5.41) is 33.9. The van der Waals surface area contributed by atoms with Gasteiger partial charge in [-0.25, -0.2) is 8.42 Å². The number of rotatable bonds is 15. The smallest absolute Gasteiger partial charge is 0.296 e. The highest BCUT2D eigenvalue weighted by molar-refractivity contribution is 7.94. The van der Waals surface area contributed by atoms with Crippen LogP contribution in [-0.2, 0) is 30.1 Å². The fourth-order valence-corrected chi connectivity index (χ4v) is 7.82. The highest BCUT2D eigenvalue weighted by atomic mass is 35.5. The van der Waals surface area contributed by atoms with Gasteiger partial charge in [0.25, 0.3) is 20.2 Å². The lowest BCUT2D eigenvalue weighted by atomic mass is 10.1. The minimum atomic E-state index is -4.96. The summed E-state index contributed by atoms with van der Waals surface area (Å²) in [7, 11) is -13.3. The summed E-state index contributed by atoms with van der Waals surface area (Å²) in [4.78, 5) is 13.5. The quantitative estimate of drug-likeness (QED) is 0.0319. The highest BCUT2D eigenvalue weighted by Gasteiger charge is 2.20. The van der Waals surface area contributed by atoms with Crippen LogP contribution >= 0.6 is 11.6 Å². The van der Waals surface area contributed by atoms with E-state index in [-0.39, 0.29) is 61.3 Å². The number of aromatic nitrogens is 3. The van der Waals surface area contributed by atoms with Gasteiger partial charge in [-0.3, -0.25) is 9.11 Å². The fourth-order valence-electron chi connectivity index (χ4n) is 5.77. The van der Waals surface area contributed by atoms with E-state index < -0.39 is 45.6 Å². The Morgan fingerprint density at radius 1 is 0.754 bits per heavy atom. The topological polar surface area (TPSA) is 305 Å². The second-order valence-electron chi connectivity index (χ2n) is 12.7. The van der Waals surface area contributed by atoms with E-state index >= 15 is 0 Å². The van der Waals surface area contributed by atoms with Crippen molar-refractivity contribution in [2.45, 2.75) is 28.5 Å². The lowest BCUT2D eigenvalue weighted by molar-refractivity contribution is 0.471. The highest BCUT2D eigenvalue weighted by Crippen LogP contribution is 2.41. The number of phenols is 1. The van der Waals surface area contributed by atoms with Gasteiger partial charge >= 0.3 is 0 Å². The first-order chi connectivity index (χ1) is 28.8. The van der Waals surface area contributed by atoms with Gasteiger partial charge in [0, 0.05) is 35.9 Å². The third-order valence-corrected chi connectivity index (χ3v) is 12.0. The van der Waals surface area contributed by atoms with Crippen LogP contribution in [0.1, 0.15) is 13.8 Å². The van der Waals surface area contributed by atoms with Gasteiger partial charge in [0.1, 0.15) is 27.7 Å². The predicted octanol–water partition coefficient (Wildman–Crippen LogP) is 8.54. The molecular weight excluding hydrogens is 874 g/mol. The molecule has 0 aliphatic rings. The first kappa shape index (κ1) is 43.9. The molecule has 0 bridgehead atoms. The second kappa shape index (κ2) is 17.5. The predicted molar refractivity (Wildman–Crippen MR) is 230 cm³/mol. The summed E-state index contributed by atoms with van der Waals surface area (Å²) in [6, 6.07) is 19.1. The van der Waals surface area contributed by atoms with Gasteiger partial charge in [-0.1, -0.05) is 12.6 Å². The first-order valence-electron chi connectivity index (χ1n) is 17.6. The Balaban J connectivity index is 1.33. The number of hydrogen-bond donors (Lipinski definition) is 6. The van der Waals surface area contributed by atoms with Crippen LogP contribution < -0.4 is 21.3 Å². The fraction of sp³-hybridized carbons (Fsp3) is 0.108. The number of nitrogens with zero attached hydrogens (tertiary/aromatic N) is 8. The van der Waals surface area contributed by atoms with E-state index in [1.807, 2.05) is 13.8 Å². The van der Waals surface area contributed by atoms with Gasteiger partial charge in [-0.2, -0.15) is 36.9 Å². The minimum absolute atomic E-state index is 0.0103. The number of fused-ring (bicyclic) bond motifs is 1. The normalized spacial score (nSPS) is 12.3. The zero-order chi connectivity index (χ0) is 44.3. The van der Waals surface area contributed by atoms with Crippen LogP contribution in [0.15, 0.2) is 132 Å². The molecule has 0 unspecified atom stereocenters. The van der Waals surface area contributed by atoms with Crippen molar-refractivity contribution >= 4 is 110 Å². The molecule has 1 heterocycles. The molecule has 0 radical (unpaired) electrons. The van der Waals surface area contributed by atoms with E-state index in [0.717, 1.165) is 29.3 Å². The van der Waals surface area contributed by atoms with Crippen LogP contribution in [0.2, 0.25) is 5.28 Å². The molecule has 0 atom stereocenters. The molecule has 0 saturated heterocycles. The maximum atomic E-state index is 12.6. The number of halogens is 1. The van der Waals surface area contributed by atoms with Gasteiger partial charge in [0.2, 0.25) is 17.2 Å². The third kappa shape index (κ3) is 10.2. The van der Waals surface area contributed by atoms with Crippen LogP contribution in [0.5, 0.6) is 5.75 Å². The summed E-state index contributed by atoms with van der Waals surface area (Å²) >= 11 is 6.26. The van der Waals surface area contributed by atoms with Crippen LogP contribution in [0.25, 0.3) is 10.8 Å². The number of benzene rings is 5. The van der Waals surface area contributed by atoms with Crippen LogP contribution in [0.3, 0.4) is 0 Å². The van der Waals surface area contributed by atoms with Crippen molar-refractivity contribution in [2.75, 3.05) is 34.4 Å². The maximum absolute atomic E-state index is 12.6. The Hall–Kier alpha value is -6.63. The molecule has 0 fully saturated rings. The summed E-state index contributed by atoms with van der Waals surface area (Å²) in [6.07, 6.45) is 0. The van der Waals surface area contributed by atoms with E-state index in [1.165, 1.54) is 48.5 Å². The Morgan fingerprint density at radius 2 is 1.41 bits per heavy atom. The van der Waals surface area contributed by atoms with Gasteiger partial charge in [-0.05, 0) is 104 Å². The van der Waals surface area contributed by atoms with E-state index in [1.54, 1.807) is 18.2 Å². The zero-order valence-electron chi connectivity index (χ0n) is 31.8. The first-order valence-corrected chi connectivity index (χ1v) is 22.4. The Labute approximate surface area is 354 Å². The molecule has 0 saturated carbocycles.